The van der Waals surface area contributed by atoms with Crippen LogP contribution in [-0.4, -0.2) is 21.9 Å². The van der Waals surface area contributed by atoms with Gasteiger partial charge in [0.15, 0.2) is 0 Å². The maximum atomic E-state index is 9.98. The minimum absolute atomic E-state index is 0.0694. The molecule has 0 aromatic carbocycles. The molecule has 0 amide bonds. The van der Waals surface area contributed by atoms with Crippen LogP contribution in [0.15, 0.2) is 0 Å². The number of hydrogen-bond acceptors (Lipinski definition) is 2. The van der Waals surface area contributed by atoms with E-state index in [4.69, 9.17) is 4.74 Å². The van der Waals surface area contributed by atoms with E-state index in [-0.39, 0.29) is 11.2 Å². The molecule has 2 nitrogen and oxygen atoms in total. The highest BCUT2D eigenvalue weighted by atomic mass is 16.6. The standard InChI is InChI=1S/C10H18O2/c1-8(2,11)10-6-4-9(3,12-10)5-7-10/h11H,4-7H2,1-3H3. The van der Waals surface area contributed by atoms with Crippen molar-refractivity contribution in [2.45, 2.75) is 63.3 Å². The van der Waals surface area contributed by atoms with Gasteiger partial charge in [0.25, 0.3) is 0 Å². The molecule has 2 saturated heterocycles. The number of aliphatic hydroxyl groups is 1. The van der Waals surface area contributed by atoms with Crippen molar-refractivity contribution in [1.82, 2.24) is 0 Å². The minimum atomic E-state index is -0.679. The van der Waals surface area contributed by atoms with Gasteiger partial charge in [-0.15, -0.1) is 0 Å². The van der Waals surface area contributed by atoms with Crippen LogP contribution in [0.2, 0.25) is 0 Å². The molecule has 0 spiro atoms. The third-order valence-corrected chi connectivity index (χ3v) is 3.67. The lowest BCUT2D eigenvalue weighted by Gasteiger charge is -2.36. The molecule has 0 radical (unpaired) electrons. The molecule has 0 aromatic heterocycles. The maximum Gasteiger partial charge on any atom is 0.0972 e. The predicted octanol–water partition coefficient (Wildman–Crippen LogP) is 1.86. The van der Waals surface area contributed by atoms with Crippen LogP contribution in [0.1, 0.15) is 46.5 Å². The first-order valence-corrected chi connectivity index (χ1v) is 4.80. The van der Waals surface area contributed by atoms with E-state index >= 15 is 0 Å². The van der Waals surface area contributed by atoms with Crippen molar-refractivity contribution in [3.63, 3.8) is 0 Å². The third kappa shape index (κ3) is 0.944. The molecule has 70 valence electrons. The lowest BCUT2D eigenvalue weighted by molar-refractivity contribution is -0.148. The van der Waals surface area contributed by atoms with Crippen LogP contribution in [0.4, 0.5) is 0 Å². The fourth-order valence-corrected chi connectivity index (χ4v) is 2.60. The van der Waals surface area contributed by atoms with Gasteiger partial charge in [-0.05, 0) is 46.5 Å². The van der Waals surface area contributed by atoms with E-state index in [1.807, 2.05) is 13.8 Å². The van der Waals surface area contributed by atoms with Gasteiger partial charge in [-0.1, -0.05) is 0 Å². The second-order valence-corrected chi connectivity index (χ2v) is 5.11. The Labute approximate surface area is 73.9 Å². The Hall–Kier alpha value is -0.0800. The second kappa shape index (κ2) is 2.05. The molecule has 2 heteroatoms. The van der Waals surface area contributed by atoms with E-state index in [1.54, 1.807) is 0 Å². The number of ether oxygens (including phenoxy) is 1. The molecule has 12 heavy (non-hydrogen) atoms. The van der Waals surface area contributed by atoms with Crippen LogP contribution in [0.25, 0.3) is 0 Å². The molecule has 0 aromatic rings. The van der Waals surface area contributed by atoms with E-state index in [2.05, 4.69) is 6.92 Å². The van der Waals surface area contributed by atoms with E-state index in [1.165, 1.54) is 0 Å². The average Bonchev–Trinajstić information content (AvgIpc) is 2.40. The molecule has 2 aliphatic rings. The summed E-state index contributed by atoms with van der Waals surface area (Å²) in [6.07, 6.45) is 4.26. The van der Waals surface area contributed by atoms with Crippen molar-refractivity contribution in [3.8, 4) is 0 Å². The van der Waals surface area contributed by atoms with Gasteiger partial charge >= 0.3 is 0 Å². The van der Waals surface area contributed by atoms with Crippen LogP contribution in [-0.2, 0) is 4.74 Å². The van der Waals surface area contributed by atoms with E-state index in [9.17, 15) is 5.11 Å². The summed E-state index contributed by atoms with van der Waals surface area (Å²) in [5, 5.41) is 9.98. The van der Waals surface area contributed by atoms with E-state index in [0.717, 1.165) is 25.7 Å². The van der Waals surface area contributed by atoms with Crippen LogP contribution >= 0.6 is 0 Å². The van der Waals surface area contributed by atoms with Crippen molar-refractivity contribution in [2.75, 3.05) is 0 Å². The van der Waals surface area contributed by atoms with Crippen molar-refractivity contribution in [3.05, 3.63) is 0 Å². The smallest absolute Gasteiger partial charge is 0.0972 e. The van der Waals surface area contributed by atoms with Crippen molar-refractivity contribution >= 4 is 0 Å². The Morgan fingerprint density at radius 3 is 1.83 bits per heavy atom. The summed E-state index contributed by atoms with van der Waals surface area (Å²) in [5.41, 5.74) is -0.844. The zero-order valence-corrected chi connectivity index (χ0v) is 8.18. The molecular formula is C10H18O2. The summed E-state index contributed by atoms with van der Waals surface area (Å²) in [5.74, 6) is 0. The zero-order chi connectivity index (χ0) is 9.04. The second-order valence-electron chi connectivity index (χ2n) is 5.11. The lowest BCUT2D eigenvalue weighted by atomic mass is 9.75. The molecular weight excluding hydrogens is 152 g/mol. The molecule has 2 bridgehead atoms. The first kappa shape index (κ1) is 8.52. The molecule has 2 rings (SSSR count). The molecule has 2 fully saturated rings. The van der Waals surface area contributed by atoms with Gasteiger partial charge in [0.05, 0.1) is 16.8 Å². The van der Waals surface area contributed by atoms with Crippen molar-refractivity contribution in [2.24, 2.45) is 0 Å². The Kier molecular flexibility index (Phi) is 1.45. The topological polar surface area (TPSA) is 29.5 Å². The summed E-state index contributed by atoms with van der Waals surface area (Å²) in [7, 11) is 0. The van der Waals surface area contributed by atoms with Gasteiger partial charge in [-0.2, -0.15) is 0 Å². The van der Waals surface area contributed by atoms with Gasteiger partial charge in [-0.25, -0.2) is 0 Å². The summed E-state index contributed by atoms with van der Waals surface area (Å²) < 4.78 is 5.96. The average molecular weight is 170 g/mol. The number of hydrogen-bond donors (Lipinski definition) is 1. The highest BCUT2D eigenvalue weighted by Crippen LogP contribution is 2.54. The van der Waals surface area contributed by atoms with Crippen LogP contribution in [0, 0.1) is 0 Å². The SMILES string of the molecule is CC12CCC(C(C)(C)O)(CC1)O2. The van der Waals surface area contributed by atoms with Crippen LogP contribution < -0.4 is 0 Å². The normalized spacial score (nSPS) is 47.0. The third-order valence-electron chi connectivity index (χ3n) is 3.67. The largest absolute Gasteiger partial charge is 0.387 e. The molecule has 0 unspecified atom stereocenters. The van der Waals surface area contributed by atoms with Crippen molar-refractivity contribution < 1.29 is 9.84 Å². The Bertz CT molecular complexity index is 194. The van der Waals surface area contributed by atoms with Gasteiger partial charge in [0.2, 0.25) is 0 Å². The van der Waals surface area contributed by atoms with Gasteiger partial charge in [0.1, 0.15) is 0 Å². The number of fused-ring (bicyclic) bond motifs is 2. The molecule has 2 aliphatic heterocycles. The first-order chi connectivity index (χ1) is 5.37. The zero-order valence-electron chi connectivity index (χ0n) is 8.18. The molecule has 0 atom stereocenters. The maximum absolute atomic E-state index is 9.98. The molecule has 0 aliphatic carbocycles. The van der Waals surface area contributed by atoms with Gasteiger partial charge < -0.3 is 9.84 Å². The molecule has 0 saturated carbocycles. The number of rotatable bonds is 1. The minimum Gasteiger partial charge on any atom is -0.387 e. The first-order valence-electron chi connectivity index (χ1n) is 4.80. The molecule has 1 N–H and O–H groups in total. The van der Waals surface area contributed by atoms with Crippen LogP contribution in [0.5, 0.6) is 0 Å². The fraction of sp³-hybridized carbons (Fsp3) is 1.00. The van der Waals surface area contributed by atoms with Crippen molar-refractivity contribution in [1.29, 1.82) is 0 Å². The molecule has 2 heterocycles. The highest BCUT2D eigenvalue weighted by molar-refractivity contribution is 5.09. The highest BCUT2D eigenvalue weighted by Gasteiger charge is 2.59. The van der Waals surface area contributed by atoms with E-state index < -0.39 is 5.60 Å². The quantitative estimate of drug-likeness (QED) is 0.651. The summed E-state index contributed by atoms with van der Waals surface area (Å²) in [6, 6.07) is 0. The predicted molar refractivity (Wildman–Crippen MR) is 47.0 cm³/mol. The Morgan fingerprint density at radius 2 is 1.67 bits per heavy atom. The lowest BCUT2D eigenvalue weighted by Crippen LogP contribution is -2.47. The van der Waals surface area contributed by atoms with Gasteiger partial charge in [-0.3, -0.25) is 0 Å². The monoisotopic (exact) mass is 170 g/mol. The van der Waals surface area contributed by atoms with Gasteiger partial charge in [0, 0.05) is 0 Å². The van der Waals surface area contributed by atoms with Crippen LogP contribution in [0.3, 0.4) is 0 Å². The fourth-order valence-electron chi connectivity index (χ4n) is 2.60. The summed E-state index contributed by atoms with van der Waals surface area (Å²) in [4.78, 5) is 0. The van der Waals surface area contributed by atoms with E-state index in [0.29, 0.717) is 0 Å². The summed E-state index contributed by atoms with van der Waals surface area (Å²) >= 11 is 0. The Morgan fingerprint density at radius 1 is 1.17 bits per heavy atom. The Balaban J connectivity index is 2.27. The summed E-state index contributed by atoms with van der Waals surface area (Å²) in [6.45, 7) is 5.89.